The van der Waals surface area contributed by atoms with Gasteiger partial charge in [-0.05, 0) is 46.6 Å². The second kappa shape index (κ2) is 3.47. The highest BCUT2D eigenvalue weighted by Crippen LogP contribution is 2.55. The number of rotatable bonds is 0. The van der Waals surface area contributed by atoms with Crippen molar-refractivity contribution in [3.05, 3.63) is 11.6 Å². The monoisotopic (exact) mass is 282 g/mol. The molecule has 3 saturated heterocycles. The topological polar surface area (TPSA) is 63.8 Å². The van der Waals surface area contributed by atoms with E-state index in [2.05, 4.69) is 6.92 Å². The van der Waals surface area contributed by atoms with Crippen molar-refractivity contribution < 1.29 is 24.4 Å². The molecule has 3 fully saturated rings. The molecule has 1 aliphatic carbocycles. The molecule has 4 rings (SSSR count). The fourth-order valence-corrected chi connectivity index (χ4v) is 3.71. The maximum Gasteiger partial charge on any atom is 0.227 e. The van der Waals surface area contributed by atoms with Crippen molar-refractivity contribution in [1.82, 2.24) is 0 Å². The molecule has 0 aromatic rings. The lowest BCUT2D eigenvalue weighted by molar-refractivity contribution is -0.391. The molecule has 0 amide bonds. The predicted octanol–water partition coefficient (Wildman–Crippen LogP) is 1.84. The first-order valence-corrected chi connectivity index (χ1v) is 7.35. The van der Waals surface area contributed by atoms with Crippen LogP contribution < -0.4 is 0 Å². The maximum atomic E-state index is 10.9. The van der Waals surface area contributed by atoms with Gasteiger partial charge in [0, 0.05) is 12.0 Å². The lowest BCUT2D eigenvalue weighted by atomic mass is 9.81. The third-order valence-corrected chi connectivity index (χ3v) is 5.25. The Labute approximate surface area is 118 Å². The van der Waals surface area contributed by atoms with E-state index in [0.717, 1.165) is 18.4 Å². The molecule has 0 unspecified atom stereocenters. The molecule has 0 radical (unpaired) electrons. The molecule has 0 spiro atoms. The summed E-state index contributed by atoms with van der Waals surface area (Å²) in [6, 6.07) is 0. The largest absolute Gasteiger partial charge is 0.366 e. The highest BCUT2D eigenvalue weighted by molar-refractivity contribution is 5.32. The molecule has 0 bridgehead atoms. The molecular weight excluding hydrogens is 260 g/mol. The van der Waals surface area contributed by atoms with Crippen LogP contribution in [0.25, 0.3) is 0 Å². The smallest absolute Gasteiger partial charge is 0.227 e. The number of hydrogen-bond donors (Lipinski definition) is 1. The molecule has 1 N–H and O–H groups in total. The summed E-state index contributed by atoms with van der Waals surface area (Å²) in [4.78, 5) is 10.7. The zero-order valence-electron chi connectivity index (χ0n) is 12.4. The van der Waals surface area contributed by atoms with Crippen LogP contribution in [-0.4, -0.2) is 39.9 Å². The van der Waals surface area contributed by atoms with E-state index in [1.807, 2.05) is 26.8 Å². The van der Waals surface area contributed by atoms with E-state index in [4.69, 9.17) is 19.2 Å². The molecule has 4 aliphatic rings. The van der Waals surface area contributed by atoms with Crippen LogP contribution in [0.1, 0.15) is 47.0 Å². The first kappa shape index (κ1) is 13.2. The van der Waals surface area contributed by atoms with Gasteiger partial charge in [0.2, 0.25) is 5.79 Å². The van der Waals surface area contributed by atoms with Gasteiger partial charge < -0.3 is 14.6 Å². The van der Waals surface area contributed by atoms with Gasteiger partial charge in [-0.1, -0.05) is 0 Å². The molecule has 0 aromatic heterocycles. The lowest BCUT2D eigenvalue weighted by Crippen LogP contribution is -2.39. The summed E-state index contributed by atoms with van der Waals surface area (Å²) in [5.41, 5.74) is -0.385. The predicted molar refractivity (Wildman–Crippen MR) is 69.7 cm³/mol. The van der Waals surface area contributed by atoms with Crippen LogP contribution in [0.5, 0.6) is 0 Å². The van der Waals surface area contributed by atoms with Gasteiger partial charge in [0.1, 0.15) is 11.7 Å². The summed E-state index contributed by atoms with van der Waals surface area (Å²) in [5, 5.41) is 10.9. The Bertz CT molecular complexity index is 500. The quantitative estimate of drug-likeness (QED) is 0.417. The fraction of sp³-hybridized carbons (Fsp3) is 0.867. The Balaban J connectivity index is 1.75. The Kier molecular flexibility index (Phi) is 2.29. The molecule has 3 aliphatic heterocycles. The minimum atomic E-state index is -1.42. The SMILES string of the molecule is CC1(C)OO[C@@]2(O)C[C@@]3(C)O[C@H]3CC[C@]3(C)O[C@@H]3/C=C/12. The standard InChI is InChI=1S/C15H22O5/c1-12(2)9-7-11-13(3,18-11)6-5-10-14(4,17-10)8-15(9,16)20-19-12/h7,10-11,16H,5-6,8H2,1-4H3/b9-7-/t10-,11+,13-,14+,15-/m0/s1. The average molecular weight is 282 g/mol. The van der Waals surface area contributed by atoms with Gasteiger partial charge in [0.05, 0.1) is 17.3 Å². The Morgan fingerprint density at radius 3 is 2.60 bits per heavy atom. The van der Waals surface area contributed by atoms with Gasteiger partial charge in [-0.25, -0.2) is 4.89 Å². The zero-order valence-corrected chi connectivity index (χ0v) is 12.4. The third kappa shape index (κ3) is 1.74. The number of hydrogen-bond acceptors (Lipinski definition) is 5. The van der Waals surface area contributed by atoms with Crippen LogP contribution in [0.4, 0.5) is 0 Å². The van der Waals surface area contributed by atoms with Gasteiger partial charge >= 0.3 is 0 Å². The average Bonchev–Trinajstić information content (AvgIpc) is 3.15. The van der Waals surface area contributed by atoms with Gasteiger partial charge in [-0.15, -0.1) is 0 Å². The van der Waals surface area contributed by atoms with Crippen molar-refractivity contribution in [2.45, 2.75) is 81.8 Å². The Hall–Kier alpha value is -0.460. The Morgan fingerprint density at radius 1 is 1.10 bits per heavy atom. The lowest BCUT2D eigenvalue weighted by Gasteiger charge is -2.26. The minimum absolute atomic E-state index is 0.0247. The summed E-state index contributed by atoms with van der Waals surface area (Å²) < 4.78 is 11.6. The van der Waals surface area contributed by atoms with E-state index < -0.39 is 11.4 Å². The molecule has 0 saturated carbocycles. The molecular formula is C15H22O5. The normalized spacial score (nSPS) is 58.8. The highest BCUT2D eigenvalue weighted by Gasteiger charge is 2.64. The zero-order chi connectivity index (χ0) is 14.4. The van der Waals surface area contributed by atoms with Crippen molar-refractivity contribution >= 4 is 0 Å². The van der Waals surface area contributed by atoms with Crippen molar-refractivity contribution in [3.63, 3.8) is 0 Å². The van der Waals surface area contributed by atoms with E-state index in [-0.39, 0.29) is 23.4 Å². The van der Waals surface area contributed by atoms with Crippen LogP contribution in [0.2, 0.25) is 0 Å². The number of fused-ring (bicyclic) bond motifs is 3. The van der Waals surface area contributed by atoms with Gasteiger partial charge in [-0.3, -0.25) is 0 Å². The van der Waals surface area contributed by atoms with E-state index in [1.54, 1.807) is 0 Å². The maximum absolute atomic E-state index is 10.9. The molecule has 0 aromatic carbocycles. The fourth-order valence-electron chi connectivity index (χ4n) is 3.71. The number of epoxide rings is 2. The molecule has 3 heterocycles. The third-order valence-electron chi connectivity index (χ3n) is 5.25. The molecule has 20 heavy (non-hydrogen) atoms. The van der Waals surface area contributed by atoms with Crippen LogP contribution in [0, 0.1) is 0 Å². The summed E-state index contributed by atoms with van der Waals surface area (Å²) in [7, 11) is 0. The van der Waals surface area contributed by atoms with Crippen LogP contribution in [-0.2, 0) is 19.2 Å². The van der Waals surface area contributed by atoms with Crippen molar-refractivity contribution in [3.8, 4) is 0 Å². The van der Waals surface area contributed by atoms with E-state index in [1.165, 1.54) is 0 Å². The van der Waals surface area contributed by atoms with Gasteiger partial charge in [-0.2, -0.15) is 4.89 Å². The first-order valence-electron chi connectivity index (χ1n) is 7.35. The van der Waals surface area contributed by atoms with E-state index in [9.17, 15) is 5.11 Å². The van der Waals surface area contributed by atoms with Crippen molar-refractivity contribution in [1.29, 1.82) is 0 Å². The second-order valence-corrected chi connectivity index (χ2v) is 7.53. The highest BCUT2D eigenvalue weighted by atomic mass is 17.2. The number of aliphatic hydroxyl groups is 1. The van der Waals surface area contributed by atoms with Gasteiger partial charge in [0.15, 0.2) is 0 Å². The number of ether oxygens (including phenoxy) is 2. The van der Waals surface area contributed by atoms with Crippen LogP contribution in [0.15, 0.2) is 11.6 Å². The minimum Gasteiger partial charge on any atom is -0.366 e. The van der Waals surface area contributed by atoms with Crippen LogP contribution >= 0.6 is 0 Å². The van der Waals surface area contributed by atoms with E-state index in [0.29, 0.717) is 6.42 Å². The summed E-state index contributed by atoms with van der Waals surface area (Å²) in [6.45, 7) is 7.93. The molecule has 5 nitrogen and oxygen atoms in total. The van der Waals surface area contributed by atoms with Crippen molar-refractivity contribution in [2.75, 3.05) is 0 Å². The molecule has 5 atom stereocenters. The van der Waals surface area contributed by atoms with Crippen molar-refractivity contribution in [2.24, 2.45) is 0 Å². The summed E-state index contributed by atoms with van der Waals surface area (Å²) in [6.07, 6.45) is 4.49. The second-order valence-electron chi connectivity index (χ2n) is 7.53. The first-order chi connectivity index (χ1) is 9.17. The Morgan fingerprint density at radius 2 is 1.85 bits per heavy atom. The summed E-state index contributed by atoms with van der Waals surface area (Å²) in [5.74, 6) is -1.42. The summed E-state index contributed by atoms with van der Waals surface area (Å²) >= 11 is 0. The van der Waals surface area contributed by atoms with E-state index >= 15 is 0 Å². The van der Waals surface area contributed by atoms with Crippen LogP contribution in [0.3, 0.4) is 0 Å². The van der Waals surface area contributed by atoms with Gasteiger partial charge in [0.25, 0.3) is 0 Å². The molecule has 5 heteroatoms. The molecule has 112 valence electrons.